The minimum absolute atomic E-state index is 0.0394. The maximum absolute atomic E-state index is 13.1. The van der Waals surface area contributed by atoms with Crippen LogP contribution in [0.4, 0.5) is 0 Å². The van der Waals surface area contributed by atoms with Gasteiger partial charge in [-0.25, -0.2) is 0 Å². The first-order valence-corrected chi connectivity index (χ1v) is 9.04. The van der Waals surface area contributed by atoms with Crippen molar-refractivity contribution < 1.29 is 4.79 Å². The number of carbonyl (C=O) groups is 1. The van der Waals surface area contributed by atoms with Gasteiger partial charge in [0, 0.05) is 35.4 Å². The molecule has 3 aromatic rings. The lowest BCUT2D eigenvalue weighted by Gasteiger charge is -2.33. The van der Waals surface area contributed by atoms with Gasteiger partial charge in [-0.3, -0.25) is 9.48 Å². The molecule has 0 unspecified atom stereocenters. The highest BCUT2D eigenvalue weighted by Gasteiger charge is 2.32. The Morgan fingerprint density at radius 1 is 1.36 bits per heavy atom. The summed E-state index contributed by atoms with van der Waals surface area (Å²) in [4.78, 5) is 18.6. The molecule has 1 aliphatic rings. The van der Waals surface area contributed by atoms with Crippen molar-refractivity contribution in [3.63, 3.8) is 0 Å². The second kappa shape index (κ2) is 6.06. The van der Waals surface area contributed by atoms with Crippen LogP contribution < -0.4 is 0 Å². The zero-order valence-electron chi connectivity index (χ0n) is 15.0. The first-order valence-electron chi connectivity index (χ1n) is 9.04. The first kappa shape index (κ1) is 15.9. The number of hydrogen-bond donors (Lipinski definition) is 1. The molecule has 1 aromatic carbocycles. The minimum atomic E-state index is 0.0394. The number of amides is 1. The number of fused-ring (bicyclic) bond motifs is 3. The van der Waals surface area contributed by atoms with Crippen LogP contribution in [0.25, 0.3) is 10.9 Å². The van der Waals surface area contributed by atoms with Gasteiger partial charge in [-0.1, -0.05) is 25.1 Å². The van der Waals surface area contributed by atoms with E-state index in [2.05, 4.69) is 42.1 Å². The Morgan fingerprint density at radius 2 is 2.16 bits per heavy atom. The lowest BCUT2D eigenvalue weighted by atomic mass is 9.97. The van der Waals surface area contributed by atoms with Gasteiger partial charge in [0.15, 0.2) is 0 Å². The van der Waals surface area contributed by atoms with E-state index in [-0.39, 0.29) is 11.9 Å². The summed E-state index contributed by atoms with van der Waals surface area (Å²) in [5.74, 6) is 0.0802. The molecule has 3 heterocycles. The summed E-state index contributed by atoms with van der Waals surface area (Å²) in [5.41, 5.74) is 5.35. The largest absolute Gasteiger partial charge is 0.356 e. The van der Waals surface area contributed by atoms with Gasteiger partial charge in [0.25, 0.3) is 5.91 Å². The molecule has 25 heavy (non-hydrogen) atoms. The van der Waals surface area contributed by atoms with Gasteiger partial charge in [-0.05, 0) is 38.3 Å². The van der Waals surface area contributed by atoms with Crippen LogP contribution in [0.1, 0.15) is 53.6 Å². The molecule has 130 valence electrons. The van der Waals surface area contributed by atoms with E-state index in [1.807, 2.05) is 22.6 Å². The number of nitrogens with zero attached hydrogens (tertiary/aromatic N) is 3. The van der Waals surface area contributed by atoms with Crippen molar-refractivity contribution in [2.24, 2.45) is 0 Å². The average Bonchev–Trinajstić information content (AvgIpc) is 3.17. The Balaban J connectivity index is 1.67. The third-order valence-electron chi connectivity index (χ3n) is 5.36. The number of nitrogens with one attached hydrogen (secondary N) is 1. The van der Waals surface area contributed by atoms with E-state index in [0.29, 0.717) is 0 Å². The predicted molar refractivity (Wildman–Crippen MR) is 98.7 cm³/mol. The zero-order chi connectivity index (χ0) is 17.6. The molecule has 0 fully saturated rings. The Labute approximate surface area is 147 Å². The molecule has 1 N–H and O–H groups in total. The standard InChI is InChI=1S/C20H24N4O/c1-4-10-24-13(2)17(12-21-24)20(25)23-11-9-16-15-7-5-6-8-18(15)22-19(16)14(23)3/h5-8,12,14,22H,4,9-11H2,1-3H3/t14-/m0/s1. The molecular formula is C20H24N4O. The third kappa shape index (κ3) is 2.46. The fourth-order valence-corrected chi connectivity index (χ4v) is 3.95. The molecule has 0 aliphatic carbocycles. The van der Waals surface area contributed by atoms with Gasteiger partial charge in [0.1, 0.15) is 0 Å². The van der Waals surface area contributed by atoms with Crippen molar-refractivity contribution in [3.05, 3.63) is 53.0 Å². The van der Waals surface area contributed by atoms with E-state index >= 15 is 0 Å². The smallest absolute Gasteiger partial charge is 0.257 e. The number of aromatic amines is 1. The van der Waals surface area contributed by atoms with Crippen molar-refractivity contribution in [2.75, 3.05) is 6.54 Å². The van der Waals surface area contributed by atoms with Gasteiger partial charge >= 0.3 is 0 Å². The molecule has 1 aliphatic heterocycles. The summed E-state index contributed by atoms with van der Waals surface area (Å²) < 4.78 is 1.93. The summed E-state index contributed by atoms with van der Waals surface area (Å²) in [6.45, 7) is 7.80. The number of aromatic nitrogens is 3. The average molecular weight is 336 g/mol. The molecule has 2 aromatic heterocycles. The fraction of sp³-hybridized carbons (Fsp3) is 0.400. The third-order valence-corrected chi connectivity index (χ3v) is 5.36. The Morgan fingerprint density at radius 3 is 2.96 bits per heavy atom. The van der Waals surface area contributed by atoms with Gasteiger partial charge in [0.2, 0.25) is 0 Å². The summed E-state index contributed by atoms with van der Waals surface area (Å²) in [6.07, 6.45) is 3.62. The van der Waals surface area contributed by atoms with Crippen LogP contribution in [-0.4, -0.2) is 32.1 Å². The molecular weight excluding hydrogens is 312 g/mol. The second-order valence-corrected chi connectivity index (χ2v) is 6.85. The van der Waals surface area contributed by atoms with Crippen molar-refractivity contribution in [1.82, 2.24) is 19.7 Å². The first-order chi connectivity index (χ1) is 12.1. The van der Waals surface area contributed by atoms with Crippen LogP contribution in [0.15, 0.2) is 30.5 Å². The highest BCUT2D eigenvalue weighted by Crippen LogP contribution is 2.35. The molecule has 1 atom stereocenters. The van der Waals surface area contributed by atoms with E-state index in [1.165, 1.54) is 16.6 Å². The fourth-order valence-electron chi connectivity index (χ4n) is 3.95. The Kier molecular flexibility index (Phi) is 3.86. The molecule has 0 saturated heterocycles. The summed E-state index contributed by atoms with van der Waals surface area (Å²) >= 11 is 0. The lowest BCUT2D eigenvalue weighted by molar-refractivity contribution is 0.0674. The molecule has 5 nitrogen and oxygen atoms in total. The number of carbonyl (C=O) groups excluding carboxylic acids is 1. The normalized spacial score (nSPS) is 17.1. The molecule has 5 heteroatoms. The van der Waals surface area contributed by atoms with Gasteiger partial charge in [-0.2, -0.15) is 5.10 Å². The predicted octanol–water partition coefficient (Wildman–Crippen LogP) is 3.84. The van der Waals surface area contributed by atoms with Gasteiger partial charge in [0.05, 0.1) is 17.8 Å². The number of hydrogen-bond acceptors (Lipinski definition) is 2. The number of aryl methyl sites for hydroxylation is 1. The molecule has 0 bridgehead atoms. The van der Waals surface area contributed by atoms with E-state index in [0.717, 1.165) is 42.7 Å². The minimum Gasteiger partial charge on any atom is -0.356 e. The molecule has 0 radical (unpaired) electrons. The van der Waals surface area contributed by atoms with Crippen molar-refractivity contribution in [1.29, 1.82) is 0 Å². The lowest BCUT2D eigenvalue weighted by Crippen LogP contribution is -2.39. The van der Waals surface area contributed by atoms with Crippen LogP contribution in [0.5, 0.6) is 0 Å². The van der Waals surface area contributed by atoms with Crippen LogP contribution in [-0.2, 0) is 13.0 Å². The van der Waals surface area contributed by atoms with Crippen LogP contribution in [0.2, 0.25) is 0 Å². The van der Waals surface area contributed by atoms with E-state index in [4.69, 9.17) is 0 Å². The van der Waals surface area contributed by atoms with Crippen LogP contribution >= 0.6 is 0 Å². The molecule has 0 saturated carbocycles. The number of para-hydroxylation sites is 1. The number of rotatable bonds is 3. The monoisotopic (exact) mass is 336 g/mol. The van der Waals surface area contributed by atoms with E-state index in [1.54, 1.807) is 6.20 Å². The van der Waals surface area contributed by atoms with Crippen LogP contribution in [0.3, 0.4) is 0 Å². The second-order valence-electron chi connectivity index (χ2n) is 6.85. The quantitative estimate of drug-likeness (QED) is 0.790. The maximum Gasteiger partial charge on any atom is 0.257 e. The summed E-state index contributed by atoms with van der Waals surface area (Å²) in [7, 11) is 0. The Hall–Kier alpha value is -2.56. The van der Waals surface area contributed by atoms with E-state index in [9.17, 15) is 4.79 Å². The van der Waals surface area contributed by atoms with Gasteiger partial charge in [-0.15, -0.1) is 0 Å². The zero-order valence-corrected chi connectivity index (χ0v) is 15.0. The topological polar surface area (TPSA) is 53.9 Å². The SMILES string of the molecule is CCCn1ncc(C(=O)N2CCc3c([nH]c4ccccc34)[C@@H]2C)c1C. The highest BCUT2D eigenvalue weighted by atomic mass is 16.2. The summed E-state index contributed by atoms with van der Waals surface area (Å²) in [5, 5.41) is 5.67. The molecule has 0 spiro atoms. The maximum atomic E-state index is 13.1. The van der Waals surface area contributed by atoms with Crippen molar-refractivity contribution >= 4 is 16.8 Å². The van der Waals surface area contributed by atoms with Crippen molar-refractivity contribution in [2.45, 2.75) is 46.2 Å². The van der Waals surface area contributed by atoms with E-state index < -0.39 is 0 Å². The molecule has 1 amide bonds. The number of benzene rings is 1. The Bertz CT molecular complexity index is 936. The molecule has 4 rings (SSSR count). The van der Waals surface area contributed by atoms with Gasteiger partial charge < -0.3 is 9.88 Å². The highest BCUT2D eigenvalue weighted by molar-refractivity contribution is 5.96. The summed E-state index contributed by atoms with van der Waals surface area (Å²) in [6, 6.07) is 8.42. The number of H-pyrrole nitrogens is 1. The van der Waals surface area contributed by atoms with Crippen molar-refractivity contribution in [3.8, 4) is 0 Å². The van der Waals surface area contributed by atoms with Crippen LogP contribution in [0, 0.1) is 6.92 Å².